The molecule has 0 unspecified atom stereocenters. The minimum Gasteiger partial charge on any atom is -0.497 e. The summed E-state index contributed by atoms with van der Waals surface area (Å²) in [6.45, 7) is 0. The first-order valence-electron chi connectivity index (χ1n) is 7.20. The molecule has 4 rings (SSSR count). The van der Waals surface area contributed by atoms with Gasteiger partial charge in [-0.05, 0) is 36.4 Å². The minimum atomic E-state index is 0.523. The van der Waals surface area contributed by atoms with E-state index >= 15 is 0 Å². The summed E-state index contributed by atoms with van der Waals surface area (Å²) in [5, 5.41) is 4.56. The number of hydrogen-bond donors (Lipinski definition) is 2. The van der Waals surface area contributed by atoms with Crippen LogP contribution in [0.3, 0.4) is 0 Å². The second kappa shape index (κ2) is 5.17. The molecule has 0 amide bonds. The highest BCUT2D eigenvalue weighted by molar-refractivity contribution is 5.76. The summed E-state index contributed by atoms with van der Waals surface area (Å²) in [6, 6.07) is 17.3. The van der Waals surface area contributed by atoms with E-state index in [9.17, 15) is 0 Å². The molecule has 0 saturated carbocycles. The monoisotopic (exact) mass is 305 g/mol. The van der Waals surface area contributed by atoms with Gasteiger partial charge in [-0.1, -0.05) is 12.1 Å². The minimum absolute atomic E-state index is 0.523. The third-order valence-electron chi connectivity index (χ3n) is 3.70. The van der Waals surface area contributed by atoms with E-state index in [2.05, 4.69) is 15.1 Å². The molecule has 0 fully saturated rings. The van der Waals surface area contributed by atoms with Gasteiger partial charge in [0.1, 0.15) is 11.6 Å². The number of nitrogens with zero attached hydrogens (tertiary/aromatic N) is 3. The number of ether oxygens (including phenoxy) is 1. The largest absolute Gasteiger partial charge is 0.497 e. The van der Waals surface area contributed by atoms with Crippen LogP contribution >= 0.6 is 0 Å². The van der Waals surface area contributed by atoms with Crippen molar-refractivity contribution in [3.63, 3.8) is 0 Å². The van der Waals surface area contributed by atoms with Gasteiger partial charge in [0.25, 0.3) is 0 Å². The fraction of sp³-hybridized carbons (Fsp3) is 0.0588. The van der Waals surface area contributed by atoms with Crippen molar-refractivity contribution < 1.29 is 4.74 Å². The first-order chi connectivity index (χ1) is 11.2. The zero-order valence-corrected chi connectivity index (χ0v) is 12.5. The van der Waals surface area contributed by atoms with E-state index < -0.39 is 0 Å². The highest BCUT2D eigenvalue weighted by Crippen LogP contribution is 2.25. The Balaban J connectivity index is 1.76. The Hall–Kier alpha value is -3.28. The molecular weight excluding hydrogens is 290 g/mol. The summed E-state index contributed by atoms with van der Waals surface area (Å²) in [4.78, 5) is 7.75. The number of anilines is 1. The molecule has 0 aliphatic rings. The van der Waals surface area contributed by atoms with Gasteiger partial charge in [0.15, 0.2) is 0 Å². The number of methoxy groups -OCH3 is 1. The maximum atomic E-state index is 6.10. The zero-order chi connectivity index (χ0) is 15.8. The number of aromatic amines is 1. The molecule has 3 N–H and O–H groups in total. The Kier molecular flexibility index (Phi) is 3.01. The van der Waals surface area contributed by atoms with Crippen LogP contribution in [0.1, 0.15) is 0 Å². The number of aromatic nitrogens is 4. The van der Waals surface area contributed by atoms with Crippen LogP contribution in [0.25, 0.3) is 28.2 Å². The lowest BCUT2D eigenvalue weighted by Crippen LogP contribution is -2.03. The van der Waals surface area contributed by atoms with Gasteiger partial charge in [-0.2, -0.15) is 9.78 Å². The molecule has 2 aromatic heterocycles. The normalized spacial score (nSPS) is 11.0. The number of para-hydroxylation sites is 2. The maximum Gasteiger partial charge on any atom is 0.231 e. The average molecular weight is 305 g/mol. The van der Waals surface area contributed by atoms with Crippen molar-refractivity contribution in [2.75, 3.05) is 12.8 Å². The number of benzene rings is 2. The maximum absolute atomic E-state index is 6.10. The Bertz CT molecular complexity index is 935. The van der Waals surface area contributed by atoms with E-state index in [0.29, 0.717) is 11.8 Å². The van der Waals surface area contributed by atoms with Gasteiger partial charge in [-0.25, -0.2) is 4.98 Å². The summed E-state index contributed by atoms with van der Waals surface area (Å²) in [5.41, 5.74) is 9.68. The van der Waals surface area contributed by atoms with Gasteiger partial charge in [-0.3, -0.25) is 0 Å². The van der Waals surface area contributed by atoms with Gasteiger partial charge in [0.2, 0.25) is 5.95 Å². The number of fused-ring (bicyclic) bond motifs is 1. The third kappa shape index (κ3) is 2.30. The van der Waals surface area contributed by atoms with Crippen LogP contribution in [-0.4, -0.2) is 26.9 Å². The second-order valence-corrected chi connectivity index (χ2v) is 5.17. The Morgan fingerprint density at radius 2 is 1.87 bits per heavy atom. The first kappa shape index (κ1) is 13.4. The van der Waals surface area contributed by atoms with E-state index in [1.807, 2.05) is 54.6 Å². The number of rotatable bonds is 3. The predicted molar refractivity (Wildman–Crippen MR) is 89.6 cm³/mol. The standard InChI is InChI=1S/C17H15N5O/c1-23-12-8-6-11(7-9-12)15-10-16(18)22(21-15)17-19-13-4-2-3-5-14(13)20-17/h2-10H,18H2,1H3,(H,19,20). The summed E-state index contributed by atoms with van der Waals surface area (Å²) < 4.78 is 6.78. The van der Waals surface area contributed by atoms with Crippen molar-refractivity contribution in [3.05, 3.63) is 54.6 Å². The molecule has 0 aliphatic heterocycles. The first-order valence-corrected chi connectivity index (χ1v) is 7.20. The lowest BCUT2D eigenvalue weighted by Gasteiger charge is -2.00. The topological polar surface area (TPSA) is 81.8 Å². The van der Waals surface area contributed by atoms with Gasteiger partial charge in [-0.15, -0.1) is 0 Å². The number of nitrogens with one attached hydrogen (secondary N) is 1. The van der Waals surface area contributed by atoms with Crippen molar-refractivity contribution in [1.82, 2.24) is 19.7 Å². The van der Waals surface area contributed by atoms with E-state index in [4.69, 9.17) is 10.5 Å². The Labute approximate surface area is 132 Å². The molecule has 4 aromatic rings. The van der Waals surface area contributed by atoms with Gasteiger partial charge >= 0.3 is 0 Å². The van der Waals surface area contributed by atoms with Gasteiger partial charge < -0.3 is 15.5 Å². The van der Waals surface area contributed by atoms with Crippen LogP contribution in [0, 0.1) is 0 Å². The quantitative estimate of drug-likeness (QED) is 0.609. The lowest BCUT2D eigenvalue weighted by atomic mass is 10.1. The molecule has 0 aliphatic carbocycles. The molecule has 6 heteroatoms. The molecular formula is C17H15N5O. The zero-order valence-electron chi connectivity index (χ0n) is 12.5. The molecule has 2 aromatic carbocycles. The summed E-state index contributed by atoms with van der Waals surface area (Å²) >= 11 is 0. The molecule has 0 bridgehead atoms. The summed E-state index contributed by atoms with van der Waals surface area (Å²) in [5.74, 6) is 1.93. The van der Waals surface area contributed by atoms with Crippen molar-refractivity contribution in [2.24, 2.45) is 0 Å². The molecule has 0 saturated heterocycles. The fourth-order valence-electron chi connectivity index (χ4n) is 2.51. The Morgan fingerprint density at radius 1 is 1.09 bits per heavy atom. The van der Waals surface area contributed by atoms with Crippen LogP contribution in [-0.2, 0) is 0 Å². The SMILES string of the molecule is COc1ccc(-c2cc(N)n(-c3nc4ccccc4[nH]3)n2)cc1. The fourth-order valence-corrected chi connectivity index (χ4v) is 2.51. The molecule has 2 heterocycles. The molecule has 114 valence electrons. The van der Waals surface area contributed by atoms with Crippen molar-refractivity contribution in [3.8, 4) is 23.0 Å². The lowest BCUT2D eigenvalue weighted by molar-refractivity contribution is 0.415. The molecule has 0 atom stereocenters. The number of nitrogen functional groups attached to an aromatic ring is 1. The van der Waals surface area contributed by atoms with Gasteiger partial charge in [0, 0.05) is 11.6 Å². The van der Waals surface area contributed by atoms with E-state index in [1.165, 1.54) is 0 Å². The van der Waals surface area contributed by atoms with Crippen LogP contribution < -0.4 is 10.5 Å². The molecule has 0 radical (unpaired) electrons. The number of H-pyrrole nitrogens is 1. The highest BCUT2D eigenvalue weighted by atomic mass is 16.5. The predicted octanol–water partition coefficient (Wildman–Crippen LogP) is 3.01. The van der Waals surface area contributed by atoms with Gasteiger partial charge in [0.05, 0.1) is 23.8 Å². The van der Waals surface area contributed by atoms with Crippen LogP contribution in [0.5, 0.6) is 5.75 Å². The number of imidazole rings is 1. The van der Waals surface area contributed by atoms with E-state index in [0.717, 1.165) is 28.0 Å². The second-order valence-electron chi connectivity index (χ2n) is 5.17. The van der Waals surface area contributed by atoms with E-state index in [1.54, 1.807) is 11.8 Å². The smallest absolute Gasteiger partial charge is 0.231 e. The molecule has 23 heavy (non-hydrogen) atoms. The summed E-state index contributed by atoms with van der Waals surface area (Å²) in [6.07, 6.45) is 0. The van der Waals surface area contributed by atoms with Crippen LogP contribution in [0.4, 0.5) is 5.82 Å². The molecule has 0 spiro atoms. The van der Waals surface area contributed by atoms with Crippen molar-refractivity contribution in [2.45, 2.75) is 0 Å². The number of nitrogens with two attached hydrogens (primary N) is 1. The van der Waals surface area contributed by atoms with Crippen molar-refractivity contribution >= 4 is 16.9 Å². The number of hydrogen-bond acceptors (Lipinski definition) is 4. The van der Waals surface area contributed by atoms with Crippen molar-refractivity contribution in [1.29, 1.82) is 0 Å². The van der Waals surface area contributed by atoms with E-state index in [-0.39, 0.29) is 0 Å². The molecule has 6 nitrogen and oxygen atoms in total. The third-order valence-corrected chi connectivity index (χ3v) is 3.70. The highest BCUT2D eigenvalue weighted by Gasteiger charge is 2.12. The van der Waals surface area contributed by atoms with Crippen LogP contribution in [0.15, 0.2) is 54.6 Å². The average Bonchev–Trinajstić information content (AvgIpc) is 3.18. The summed E-state index contributed by atoms with van der Waals surface area (Å²) in [7, 11) is 1.64. The van der Waals surface area contributed by atoms with Crippen LogP contribution in [0.2, 0.25) is 0 Å². The Morgan fingerprint density at radius 3 is 2.61 bits per heavy atom.